The maximum atomic E-state index is 12.2. The van der Waals surface area contributed by atoms with Crippen molar-refractivity contribution in [2.45, 2.75) is 64.8 Å². The maximum Gasteiger partial charge on any atom is 0.222 e. The number of amides is 1. The Kier molecular flexibility index (Phi) is 6.69. The zero-order chi connectivity index (χ0) is 18.4. The predicted molar refractivity (Wildman–Crippen MR) is 106 cm³/mol. The Hall–Kier alpha value is -1.85. The Bertz CT molecular complexity index is 568. The average Bonchev–Trinajstić information content (AvgIpc) is 2.72. The molecule has 6 heteroatoms. The molecular formula is C20H33N5O. The van der Waals surface area contributed by atoms with Crippen LogP contribution in [0.15, 0.2) is 12.1 Å². The van der Waals surface area contributed by atoms with E-state index in [1.54, 1.807) is 0 Å². The number of unbranched alkanes of at least 4 members (excludes halogenated alkanes) is 1. The Labute approximate surface area is 157 Å². The fourth-order valence-electron chi connectivity index (χ4n) is 4.04. The Morgan fingerprint density at radius 1 is 1.04 bits per heavy atom. The Balaban J connectivity index is 1.55. The molecule has 2 saturated heterocycles. The van der Waals surface area contributed by atoms with Gasteiger partial charge >= 0.3 is 0 Å². The van der Waals surface area contributed by atoms with Gasteiger partial charge < -0.3 is 14.7 Å². The van der Waals surface area contributed by atoms with Crippen molar-refractivity contribution in [2.24, 2.45) is 0 Å². The number of piperazine rings is 1. The quantitative estimate of drug-likeness (QED) is 0.781. The molecule has 3 heterocycles. The molecular weight excluding hydrogens is 326 g/mol. The number of carbonyl (C=O) groups excluding carboxylic acids is 1. The van der Waals surface area contributed by atoms with Gasteiger partial charge in [0, 0.05) is 45.2 Å². The number of aromatic nitrogens is 2. The Morgan fingerprint density at radius 3 is 2.42 bits per heavy atom. The molecule has 0 saturated carbocycles. The minimum Gasteiger partial charge on any atom is -0.352 e. The van der Waals surface area contributed by atoms with Crippen molar-refractivity contribution in [3.8, 4) is 0 Å². The molecule has 144 valence electrons. The molecule has 2 aliphatic heterocycles. The zero-order valence-corrected chi connectivity index (χ0v) is 16.4. The second-order valence-electron chi connectivity index (χ2n) is 7.47. The largest absolute Gasteiger partial charge is 0.352 e. The Morgan fingerprint density at radius 2 is 1.77 bits per heavy atom. The number of carbonyl (C=O) groups is 1. The van der Waals surface area contributed by atoms with E-state index in [-0.39, 0.29) is 0 Å². The van der Waals surface area contributed by atoms with E-state index >= 15 is 0 Å². The second-order valence-corrected chi connectivity index (χ2v) is 7.47. The molecule has 0 aromatic carbocycles. The van der Waals surface area contributed by atoms with Crippen molar-refractivity contribution in [2.75, 3.05) is 42.5 Å². The number of anilines is 2. The number of hydrogen-bond acceptors (Lipinski definition) is 5. The van der Waals surface area contributed by atoms with Gasteiger partial charge in [0.2, 0.25) is 5.91 Å². The average molecular weight is 360 g/mol. The van der Waals surface area contributed by atoms with E-state index in [1.165, 1.54) is 19.3 Å². The summed E-state index contributed by atoms with van der Waals surface area (Å²) in [5.41, 5.74) is 0. The van der Waals surface area contributed by atoms with Gasteiger partial charge in [-0.15, -0.1) is 10.2 Å². The van der Waals surface area contributed by atoms with Gasteiger partial charge in [0.1, 0.15) is 0 Å². The summed E-state index contributed by atoms with van der Waals surface area (Å²) in [5.74, 6) is 2.23. The summed E-state index contributed by atoms with van der Waals surface area (Å²) in [6, 6.07) is 4.81. The van der Waals surface area contributed by atoms with E-state index in [0.29, 0.717) is 18.4 Å². The zero-order valence-electron chi connectivity index (χ0n) is 16.4. The lowest BCUT2D eigenvalue weighted by molar-refractivity contribution is -0.131. The first kappa shape index (κ1) is 18.9. The first-order valence-corrected chi connectivity index (χ1v) is 10.4. The molecule has 0 radical (unpaired) electrons. The summed E-state index contributed by atoms with van der Waals surface area (Å²) in [5, 5.41) is 9.02. The monoisotopic (exact) mass is 359 g/mol. The highest BCUT2D eigenvalue weighted by molar-refractivity contribution is 5.76. The summed E-state index contributed by atoms with van der Waals surface area (Å²) < 4.78 is 0. The SMILES string of the molecule is CCCCC(=O)N1CCN(c2ccc(N3CCCCC3CC)nn2)CC1. The molecule has 0 N–H and O–H groups in total. The van der Waals surface area contributed by atoms with Crippen molar-refractivity contribution in [3.63, 3.8) is 0 Å². The second kappa shape index (κ2) is 9.19. The maximum absolute atomic E-state index is 12.2. The van der Waals surface area contributed by atoms with Gasteiger partial charge in [0.25, 0.3) is 0 Å². The molecule has 26 heavy (non-hydrogen) atoms. The molecule has 2 aliphatic rings. The van der Waals surface area contributed by atoms with Crippen molar-refractivity contribution < 1.29 is 4.79 Å². The molecule has 1 unspecified atom stereocenters. The van der Waals surface area contributed by atoms with Crippen LogP contribution in [0.25, 0.3) is 0 Å². The molecule has 1 amide bonds. The highest BCUT2D eigenvalue weighted by Gasteiger charge is 2.24. The van der Waals surface area contributed by atoms with Crippen molar-refractivity contribution in [1.82, 2.24) is 15.1 Å². The van der Waals surface area contributed by atoms with Gasteiger partial charge in [-0.25, -0.2) is 0 Å². The van der Waals surface area contributed by atoms with Crippen molar-refractivity contribution in [1.29, 1.82) is 0 Å². The number of piperidine rings is 1. The summed E-state index contributed by atoms with van der Waals surface area (Å²) in [6.07, 6.45) is 7.73. The van der Waals surface area contributed by atoms with E-state index in [1.807, 2.05) is 4.90 Å². The molecule has 2 fully saturated rings. The predicted octanol–water partition coefficient (Wildman–Crippen LogP) is 3.08. The van der Waals surface area contributed by atoms with Gasteiger partial charge in [-0.2, -0.15) is 0 Å². The fraction of sp³-hybridized carbons (Fsp3) is 0.750. The topological polar surface area (TPSA) is 52.6 Å². The molecule has 0 bridgehead atoms. The van der Waals surface area contributed by atoms with Crippen LogP contribution in [-0.4, -0.2) is 59.8 Å². The van der Waals surface area contributed by atoms with E-state index < -0.39 is 0 Å². The van der Waals surface area contributed by atoms with Crippen LogP contribution in [0.3, 0.4) is 0 Å². The highest BCUT2D eigenvalue weighted by atomic mass is 16.2. The van der Waals surface area contributed by atoms with Gasteiger partial charge in [-0.3, -0.25) is 4.79 Å². The molecule has 1 aromatic heterocycles. The first-order chi connectivity index (χ1) is 12.7. The van der Waals surface area contributed by atoms with Crippen LogP contribution in [0.4, 0.5) is 11.6 Å². The summed E-state index contributed by atoms with van der Waals surface area (Å²) >= 11 is 0. The van der Waals surface area contributed by atoms with E-state index in [2.05, 4.69) is 46.0 Å². The standard InChI is InChI=1S/C20H33N5O/c1-3-5-9-20(26)24-15-13-23(14-16-24)18-10-11-19(22-21-18)25-12-7-6-8-17(25)4-2/h10-11,17H,3-9,12-16H2,1-2H3. The third kappa shape index (κ3) is 4.46. The fourth-order valence-corrected chi connectivity index (χ4v) is 4.04. The van der Waals surface area contributed by atoms with Crippen LogP contribution in [0, 0.1) is 0 Å². The molecule has 0 aliphatic carbocycles. The minimum absolute atomic E-state index is 0.295. The van der Waals surface area contributed by atoms with Crippen LogP contribution < -0.4 is 9.80 Å². The molecule has 1 atom stereocenters. The van der Waals surface area contributed by atoms with Crippen LogP contribution in [-0.2, 0) is 4.79 Å². The van der Waals surface area contributed by atoms with Crippen molar-refractivity contribution in [3.05, 3.63) is 12.1 Å². The van der Waals surface area contributed by atoms with Gasteiger partial charge in [0.15, 0.2) is 11.6 Å². The van der Waals surface area contributed by atoms with Crippen LogP contribution in [0.2, 0.25) is 0 Å². The van der Waals surface area contributed by atoms with Crippen LogP contribution >= 0.6 is 0 Å². The smallest absolute Gasteiger partial charge is 0.222 e. The summed E-state index contributed by atoms with van der Waals surface area (Å²) in [7, 11) is 0. The number of nitrogens with zero attached hydrogens (tertiary/aromatic N) is 5. The van der Waals surface area contributed by atoms with E-state index in [0.717, 1.165) is 63.6 Å². The van der Waals surface area contributed by atoms with Crippen LogP contribution in [0.5, 0.6) is 0 Å². The lowest BCUT2D eigenvalue weighted by Gasteiger charge is -2.37. The number of rotatable bonds is 6. The normalized spacial score (nSPS) is 21.2. The molecule has 0 spiro atoms. The van der Waals surface area contributed by atoms with Crippen molar-refractivity contribution >= 4 is 17.5 Å². The van der Waals surface area contributed by atoms with Gasteiger partial charge in [-0.1, -0.05) is 20.3 Å². The lowest BCUT2D eigenvalue weighted by Crippen LogP contribution is -2.49. The van der Waals surface area contributed by atoms with Gasteiger partial charge in [-0.05, 0) is 44.2 Å². The highest BCUT2D eigenvalue weighted by Crippen LogP contribution is 2.25. The molecule has 1 aromatic rings. The third-order valence-corrected chi connectivity index (χ3v) is 5.73. The third-order valence-electron chi connectivity index (χ3n) is 5.73. The van der Waals surface area contributed by atoms with Gasteiger partial charge in [0.05, 0.1) is 0 Å². The molecule has 6 nitrogen and oxygen atoms in total. The van der Waals surface area contributed by atoms with E-state index in [4.69, 9.17) is 0 Å². The molecule has 3 rings (SSSR count). The van der Waals surface area contributed by atoms with Crippen LogP contribution in [0.1, 0.15) is 58.8 Å². The summed E-state index contributed by atoms with van der Waals surface area (Å²) in [6.45, 7) is 8.73. The lowest BCUT2D eigenvalue weighted by atomic mass is 10.0. The number of hydrogen-bond donors (Lipinski definition) is 0. The first-order valence-electron chi connectivity index (χ1n) is 10.4. The summed E-state index contributed by atoms with van der Waals surface area (Å²) in [4.78, 5) is 18.8. The van der Waals surface area contributed by atoms with E-state index in [9.17, 15) is 4.79 Å². The minimum atomic E-state index is 0.295.